The van der Waals surface area contributed by atoms with Gasteiger partial charge in [0.25, 0.3) is 0 Å². The van der Waals surface area contributed by atoms with E-state index in [9.17, 15) is 5.11 Å². The maximum absolute atomic E-state index is 10.7. The van der Waals surface area contributed by atoms with Crippen molar-refractivity contribution in [2.45, 2.75) is 70.3 Å². The van der Waals surface area contributed by atoms with Gasteiger partial charge in [-0.1, -0.05) is 58.1 Å². The van der Waals surface area contributed by atoms with E-state index in [1.807, 2.05) is 0 Å². The zero-order valence-corrected chi connectivity index (χ0v) is 14.0. The fourth-order valence-corrected chi connectivity index (χ4v) is 2.85. The molecule has 1 aromatic heterocycles. The van der Waals surface area contributed by atoms with E-state index in [2.05, 4.69) is 36.1 Å². The van der Waals surface area contributed by atoms with Crippen LogP contribution in [0.1, 0.15) is 65.1 Å². The molecule has 0 atom stereocenters. The summed E-state index contributed by atoms with van der Waals surface area (Å²) < 4.78 is 0. The number of nitrogens with zero attached hydrogens (tertiary/aromatic N) is 2. The molecule has 1 aliphatic rings. The highest BCUT2D eigenvalue weighted by Gasteiger charge is 2.28. The Morgan fingerprint density at radius 2 is 1.81 bits per heavy atom. The van der Waals surface area contributed by atoms with Crippen molar-refractivity contribution < 1.29 is 5.11 Å². The van der Waals surface area contributed by atoms with Gasteiger partial charge in [0.15, 0.2) is 0 Å². The van der Waals surface area contributed by atoms with Gasteiger partial charge in [0.1, 0.15) is 16.8 Å². The summed E-state index contributed by atoms with van der Waals surface area (Å²) in [6, 6.07) is 1.72. The van der Waals surface area contributed by atoms with Gasteiger partial charge in [0.05, 0.1) is 5.60 Å². The molecule has 1 aliphatic carbocycles. The van der Waals surface area contributed by atoms with Crippen molar-refractivity contribution >= 4 is 17.4 Å². The minimum atomic E-state index is -0.629. The summed E-state index contributed by atoms with van der Waals surface area (Å²) in [5.41, 5.74) is -0.781. The average molecular weight is 312 g/mol. The quantitative estimate of drug-likeness (QED) is 0.656. The second kappa shape index (κ2) is 6.49. The Labute approximate surface area is 132 Å². The molecule has 2 N–H and O–H groups in total. The smallest absolute Gasteiger partial charge is 0.137 e. The Morgan fingerprint density at radius 3 is 2.38 bits per heavy atom. The molecule has 5 heteroatoms. The lowest BCUT2D eigenvalue weighted by Crippen LogP contribution is -2.36. The molecule has 0 saturated heterocycles. The molecule has 1 heterocycles. The summed E-state index contributed by atoms with van der Waals surface area (Å²) in [5.74, 6) is 1.41. The van der Waals surface area contributed by atoms with Crippen molar-refractivity contribution in [3.8, 4) is 0 Å². The fourth-order valence-electron chi connectivity index (χ4n) is 2.66. The van der Waals surface area contributed by atoms with E-state index in [0.29, 0.717) is 23.3 Å². The predicted octanol–water partition coefficient (Wildman–Crippen LogP) is 3.92. The van der Waals surface area contributed by atoms with Gasteiger partial charge in [-0.05, 0) is 12.8 Å². The predicted molar refractivity (Wildman–Crippen MR) is 86.9 cm³/mol. The minimum Gasteiger partial charge on any atom is -0.388 e. The highest BCUT2D eigenvalue weighted by Crippen LogP contribution is 2.28. The lowest BCUT2D eigenvalue weighted by atomic mass is 9.94. The molecule has 0 amide bonds. The summed E-state index contributed by atoms with van der Waals surface area (Å²) in [6.07, 6.45) is 6.33. The van der Waals surface area contributed by atoms with E-state index < -0.39 is 5.60 Å². The third-order valence-corrected chi connectivity index (χ3v) is 4.19. The Hall–Kier alpha value is -0.870. The van der Waals surface area contributed by atoms with Gasteiger partial charge in [0.2, 0.25) is 0 Å². The molecular formula is C16H26ClN3O. The summed E-state index contributed by atoms with van der Waals surface area (Å²) in [6.45, 7) is 6.69. The molecule has 0 aliphatic heterocycles. The van der Waals surface area contributed by atoms with Gasteiger partial charge in [-0.2, -0.15) is 0 Å². The largest absolute Gasteiger partial charge is 0.388 e. The van der Waals surface area contributed by atoms with Crippen LogP contribution in [0.4, 0.5) is 5.82 Å². The minimum absolute atomic E-state index is 0.152. The van der Waals surface area contributed by atoms with E-state index >= 15 is 0 Å². The number of aliphatic hydroxyl groups is 1. The first kappa shape index (κ1) is 16.5. The van der Waals surface area contributed by atoms with Crippen LogP contribution in [0.3, 0.4) is 0 Å². The molecule has 118 valence electrons. The van der Waals surface area contributed by atoms with E-state index in [1.165, 1.54) is 12.8 Å². The van der Waals surface area contributed by atoms with Crippen molar-refractivity contribution in [1.29, 1.82) is 0 Å². The van der Waals surface area contributed by atoms with Crippen molar-refractivity contribution in [1.82, 2.24) is 9.97 Å². The number of nitrogens with one attached hydrogen (secondary N) is 1. The topological polar surface area (TPSA) is 58.0 Å². The number of hydrogen-bond acceptors (Lipinski definition) is 4. The van der Waals surface area contributed by atoms with Crippen molar-refractivity contribution in [2.24, 2.45) is 0 Å². The Morgan fingerprint density at radius 1 is 1.19 bits per heavy atom. The third kappa shape index (κ3) is 4.82. The highest BCUT2D eigenvalue weighted by molar-refractivity contribution is 6.29. The molecule has 0 bridgehead atoms. The number of rotatable bonds is 3. The monoisotopic (exact) mass is 311 g/mol. The van der Waals surface area contributed by atoms with Crippen LogP contribution in [0.25, 0.3) is 0 Å². The highest BCUT2D eigenvalue weighted by atomic mass is 35.5. The van der Waals surface area contributed by atoms with E-state index in [-0.39, 0.29) is 5.41 Å². The summed E-state index contributed by atoms with van der Waals surface area (Å²) in [4.78, 5) is 8.81. The standard InChI is InChI=1S/C16H26ClN3O/c1-15(2,3)14-19-12(17)10-13(20-14)18-11-16(21)8-6-4-5-7-9-16/h10,21H,4-9,11H2,1-3H3,(H,18,19,20). The van der Waals surface area contributed by atoms with Crippen molar-refractivity contribution in [3.63, 3.8) is 0 Å². The zero-order chi connectivity index (χ0) is 15.5. The first-order valence-corrected chi connectivity index (χ1v) is 8.18. The number of hydrogen-bond donors (Lipinski definition) is 2. The summed E-state index contributed by atoms with van der Waals surface area (Å²) in [7, 11) is 0. The SMILES string of the molecule is CC(C)(C)c1nc(Cl)cc(NCC2(O)CCCCCC2)n1. The average Bonchev–Trinajstić information content (AvgIpc) is 2.60. The van der Waals surface area contributed by atoms with Gasteiger partial charge in [-0.15, -0.1) is 0 Å². The molecular weight excluding hydrogens is 286 g/mol. The molecule has 1 aromatic rings. The first-order chi connectivity index (χ1) is 9.78. The first-order valence-electron chi connectivity index (χ1n) is 7.80. The summed E-state index contributed by atoms with van der Waals surface area (Å²) in [5, 5.41) is 14.4. The zero-order valence-electron chi connectivity index (χ0n) is 13.2. The Balaban J connectivity index is 2.07. The Bertz CT molecular complexity index is 477. The molecule has 2 rings (SSSR count). The van der Waals surface area contributed by atoms with Crippen molar-refractivity contribution in [2.75, 3.05) is 11.9 Å². The van der Waals surface area contributed by atoms with Gasteiger partial charge in [0, 0.05) is 18.0 Å². The number of anilines is 1. The van der Waals surface area contributed by atoms with Crippen LogP contribution in [0, 0.1) is 0 Å². The van der Waals surface area contributed by atoms with E-state index in [4.69, 9.17) is 11.6 Å². The molecule has 1 saturated carbocycles. The molecule has 0 unspecified atom stereocenters. The van der Waals surface area contributed by atoms with E-state index in [1.54, 1.807) is 6.07 Å². The number of halogens is 1. The molecule has 0 aromatic carbocycles. The number of aromatic nitrogens is 2. The van der Waals surface area contributed by atoms with Crippen LogP contribution in [0.2, 0.25) is 5.15 Å². The van der Waals surface area contributed by atoms with E-state index in [0.717, 1.165) is 25.7 Å². The molecule has 21 heavy (non-hydrogen) atoms. The van der Waals surface area contributed by atoms with Crippen LogP contribution < -0.4 is 5.32 Å². The maximum Gasteiger partial charge on any atom is 0.137 e. The van der Waals surface area contributed by atoms with Gasteiger partial charge in [-0.3, -0.25) is 0 Å². The second-order valence-electron chi connectivity index (χ2n) is 7.14. The van der Waals surface area contributed by atoms with Crippen LogP contribution in [-0.2, 0) is 5.41 Å². The van der Waals surface area contributed by atoms with Gasteiger partial charge < -0.3 is 10.4 Å². The normalized spacial score (nSPS) is 19.1. The second-order valence-corrected chi connectivity index (χ2v) is 7.53. The van der Waals surface area contributed by atoms with Crippen LogP contribution in [-0.4, -0.2) is 27.2 Å². The molecule has 0 spiro atoms. The Kier molecular flexibility index (Phi) is 5.10. The third-order valence-electron chi connectivity index (χ3n) is 4.00. The van der Waals surface area contributed by atoms with Gasteiger partial charge >= 0.3 is 0 Å². The lowest BCUT2D eigenvalue weighted by Gasteiger charge is -2.27. The lowest BCUT2D eigenvalue weighted by molar-refractivity contribution is 0.0380. The molecule has 1 fully saturated rings. The van der Waals surface area contributed by atoms with Gasteiger partial charge in [-0.25, -0.2) is 9.97 Å². The van der Waals surface area contributed by atoms with Crippen LogP contribution >= 0.6 is 11.6 Å². The maximum atomic E-state index is 10.7. The van der Waals surface area contributed by atoms with Crippen LogP contribution in [0.5, 0.6) is 0 Å². The van der Waals surface area contributed by atoms with Crippen molar-refractivity contribution in [3.05, 3.63) is 17.0 Å². The van der Waals surface area contributed by atoms with Crippen LogP contribution in [0.15, 0.2) is 6.07 Å². The molecule has 4 nitrogen and oxygen atoms in total. The summed E-state index contributed by atoms with van der Waals surface area (Å²) >= 11 is 6.08. The fraction of sp³-hybridized carbons (Fsp3) is 0.750. The molecule has 0 radical (unpaired) electrons.